The van der Waals surface area contributed by atoms with E-state index in [9.17, 15) is 18.0 Å². The van der Waals surface area contributed by atoms with Crippen LogP contribution in [0, 0.1) is 0 Å². The highest BCUT2D eigenvalue weighted by atomic mass is 32.2. The van der Waals surface area contributed by atoms with Crippen LogP contribution < -0.4 is 4.72 Å². The summed E-state index contributed by atoms with van der Waals surface area (Å²) in [6.45, 7) is 0. The number of sulfonamides is 1. The van der Waals surface area contributed by atoms with Crippen LogP contribution in [0.4, 0.5) is 0 Å². The number of carboxylic acids is 2. The van der Waals surface area contributed by atoms with Crippen molar-refractivity contribution in [2.24, 2.45) is 0 Å². The molecule has 0 saturated carbocycles. The summed E-state index contributed by atoms with van der Waals surface area (Å²) in [7, 11) is -4.04. The van der Waals surface area contributed by atoms with Crippen LogP contribution >= 0.6 is 0 Å². The van der Waals surface area contributed by atoms with E-state index in [4.69, 9.17) is 10.2 Å². The van der Waals surface area contributed by atoms with Crippen LogP contribution in [0.2, 0.25) is 0 Å². The summed E-state index contributed by atoms with van der Waals surface area (Å²) in [6.07, 6.45) is -0.832. The number of hydrogen-bond donors (Lipinski definition) is 3. The Morgan fingerprint density at radius 2 is 1.72 bits per heavy atom. The Labute approximate surface area is 103 Å². The molecule has 0 aliphatic rings. The minimum Gasteiger partial charge on any atom is -0.481 e. The van der Waals surface area contributed by atoms with Gasteiger partial charge in [-0.3, -0.25) is 9.59 Å². The molecule has 8 heteroatoms. The first-order valence-electron chi connectivity index (χ1n) is 4.85. The first kappa shape index (κ1) is 14.1. The lowest BCUT2D eigenvalue weighted by Crippen LogP contribution is -2.42. The summed E-state index contributed by atoms with van der Waals surface area (Å²) in [5, 5.41) is 17.2. The van der Waals surface area contributed by atoms with Crippen molar-refractivity contribution in [2.45, 2.75) is 17.4 Å². The standard InChI is InChI=1S/C10H11NO6S/c12-9(13)6-8(10(14)15)11-18(16,17)7-4-2-1-3-5-7/h1-5,8,11H,6H2,(H,12,13)(H,14,15)/t8-/m1/s1. The number of carbonyl (C=O) groups is 2. The molecule has 1 rings (SSSR count). The highest BCUT2D eigenvalue weighted by molar-refractivity contribution is 7.89. The highest BCUT2D eigenvalue weighted by Crippen LogP contribution is 2.09. The number of benzene rings is 1. The molecule has 0 fully saturated rings. The van der Waals surface area contributed by atoms with Crippen molar-refractivity contribution in [1.82, 2.24) is 4.72 Å². The molecule has 0 heterocycles. The van der Waals surface area contributed by atoms with Crippen molar-refractivity contribution in [3.63, 3.8) is 0 Å². The van der Waals surface area contributed by atoms with Gasteiger partial charge in [0.25, 0.3) is 0 Å². The molecule has 0 saturated heterocycles. The van der Waals surface area contributed by atoms with Crippen molar-refractivity contribution in [3.8, 4) is 0 Å². The van der Waals surface area contributed by atoms with E-state index >= 15 is 0 Å². The maximum atomic E-state index is 11.8. The van der Waals surface area contributed by atoms with E-state index in [0.29, 0.717) is 0 Å². The molecular formula is C10H11NO6S. The molecule has 1 aromatic carbocycles. The Hall–Kier alpha value is -1.93. The SMILES string of the molecule is O=C(O)C[C@@H](NS(=O)(=O)c1ccccc1)C(=O)O. The van der Waals surface area contributed by atoms with E-state index in [-0.39, 0.29) is 4.90 Å². The second-order valence-electron chi connectivity index (χ2n) is 3.42. The summed E-state index contributed by atoms with van der Waals surface area (Å²) in [6, 6.07) is 5.41. The van der Waals surface area contributed by atoms with Gasteiger partial charge in [0.05, 0.1) is 11.3 Å². The van der Waals surface area contributed by atoms with Crippen LogP contribution in [0.15, 0.2) is 35.2 Å². The minimum absolute atomic E-state index is 0.123. The summed E-state index contributed by atoms with van der Waals surface area (Å²) < 4.78 is 25.4. The van der Waals surface area contributed by atoms with Crippen molar-refractivity contribution >= 4 is 22.0 Å². The Morgan fingerprint density at radius 3 is 2.17 bits per heavy atom. The third kappa shape index (κ3) is 3.82. The van der Waals surface area contributed by atoms with Crippen LogP contribution in [0.5, 0.6) is 0 Å². The molecule has 0 bridgehead atoms. The zero-order valence-corrected chi connectivity index (χ0v) is 9.92. The molecular weight excluding hydrogens is 262 g/mol. The third-order valence-corrected chi connectivity index (χ3v) is 3.52. The Balaban J connectivity index is 2.93. The zero-order valence-electron chi connectivity index (χ0n) is 9.11. The van der Waals surface area contributed by atoms with Crippen LogP contribution in [0.1, 0.15) is 6.42 Å². The lowest BCUT2D eigenvalue weighted by Gasteiger charge is -2.12. The van der Waals surface area contributed by atoms with Gasteiger partial charge in [0, 0.05) is 0 Å². The van der Waals surface area contributed by atoms with Crippen LogP contribution in [0.3, 0.4) is 0 Å². The summed E-state index contributed by atoms with van der Waals surface area (Å²) in [5.74, 6) is -2.95. The predicted molar refractivity (Wildman–Crippen MR) is 60.4 cm³/mol. The van der Waals surface area contributed by atoms with Crippen LogP contribution in [-0.2, 0) is 19.6 Å². The second kappa shape index (κ2) is 5.61. The van der Waals surface area contributed by atoms with Crippen molar-refractivity contribution in [2.75, 3.05) is 0 Å². The maximum Gasteiger partial charge on any atom is 0.322 e. The monoisotopic (exact) mass is 273 g/mol. The van der Waals surface area contributed by atoms with E-state index in [0.717, 1.165) is 0 Å². The molecule has 0 aliphatic heterocycles. The van der Waals surface area contributed by atoms with E-state index in [2.05, 4.69) is 0 Å². The molecule has 0 radical (unpaired) electrons. The molecule has 0 aliphatic carbocycles. The number of aliphatic carboxylic acids is 2. The summed E-state index contributed by atoms with van der Waals surface area (Å²) >= 11 is 0. The molecule has 0 aromatic heterocycles. The first-order chi connectivity index (χ1) is 8.33. The van der Waals surface area contributed by atoms with E-state index in [1.807, 2.05) is 4.72 Å². The number of nitrogens with one attached hydrogen (secondary N) is 1. The molecule has 98 valence electrons. The molecule has 0 unspecified atom stereocenters. The van der Waals surface area contributed by atoms with Gasteiger partial charge in [-0.25, -0.2) is 8.42 Å². The molecule has 0 amide bonds. The van der Waals surface area contributed by atoms with Crippen molar-refractivity contribution < 1.29 is 28.2 Å². The number of hydrogen-bond acceptors (Lipinski definition) is 4. The van der Waals surface area contributed by atoms with E-state index in [1.165, 1.54) is 24.3 Å². The summed E-state index contributed by atoms with van der Waals surface area (Å²) in [5.41, 5.74) is 0. The molecule has 1 aromatic rings. The average Bonchev–Trinajstić information content (AvgIpc) is 2.28. The number of carboxylic acid groups (broad SMARTS) is 2. The van der Waals surface area contributed by atoms with Gasteiger partial charge < -0.3 is 10.2 Å². The van der Waals surface area contributed by atoms with Gasteiger partial charge in [-0.05, 0) is 12.1 Å². The maximum absolute atomic E-state index is 11.8. The van der Waals surface area contributed by atoms with Gasteiger partial charge in [0.15, 0.2) is 0 Å². The number of rotatable bonds is 6. The lowest BCUT2D eigenvalue weighted by molar-refractivity contribution is -0.145. The van der Waals surface area contributed by atoms with Gasteiger partial charge in [0.2, 0.25) is 10.0 Å². The van der Waals surface area contributed by atoms with Crippen LogP contribution in [-0.4, -0.2) is 36.6 Å². The summed E-state index contributed by atoms with van der Waals surface area (Å²) in [4.78, 5) is 21.1. The minimum atomic E-state index is -4.04. The average molecular weight is 273 g/mol. The van der Waals surface area contributed by atoms with E-state index < -0.39 is 34.4 Å². The van der Waals surface area contributed by atoms with Crippen LogP contribution in [0.25, 0.3) is 0 Å². The molecule has 0 spiro atoms. The van der Waals surface area contributed by atoms with Gasteiger partial charge in [-0.1, -0.05) is 18.2 Å². The Morgan fingerprint density at radius 1 is 1.17 bits per heavy atom. The molecule has 7 nitrogen and oxygen atoms in total. The molecule has 18 heavy (non-hydrogen) atoms. The van der Waals surface area contributed by atoms with Crippen molar-refractivity contribution in [3.05, 3.63) is 30.3 Å². The Kier molecular flexibility index (Phi) is 4.40. The third-order valence-electron chi connectivity index (χ3n) is 2.03. The fourth-order valence-electron chi connectivity index (χ4n) is 1.21. The molecule has 1 atom stereocenters. The second-order valence-corrected chi connectivity index (χ2v) is 5.14. The Bertz CT molecular complexity index is 539. The van der Waals surface area contributed by atoms with Gasteiger partial charge in [-0.15, -0.1) is 0 Å². The fraction of sp³-hybridized carbons (Fsp3) is 0.200. The van der Waals surface area contributed by atoms with E-state index in [1.54, 1.807) is 6.07 Å². The van der Waals surface area contributed by atoms with Gasteiger partial charge in [0.1, 0.15) is 6.04 Å². The smallest absolute Gasteiger partial charge is 0.322 e. The lowest BCUT2D eigenvalue weighted by atomic mass is 10.2. The first-order valence-corrected chi connectivity index (χ1v) is 6.33. The topological polar surface area (TPSA) is 121 Å². The highest BCUT2D eigenvalue weighted by Gasteiger charge is 2.27. The van der Waals surface area contributed by atoms with Gasteiger partial charge >= 0.3 is 11.9 Å². The largest absolute Gasteiger partial charge is 0.481 e. The van der Waals surface area contributed by atoms with Gasteiger partial charge in [-0.2, -0.15) is 4.72 Å². The normalized spacial score (nSPS) is 12.9. The zero-order chi connectivity index (χ0) is 13.8. The quantitative estimate of drug-likeness (QED) is 0.665. The predicted octanol–water partition coefficient (Wildman–Crippen LogP) is -0.107. The van der Waals surface area contributed by atoms with Crippen molar-refractivity contribution in [1.29, 1.82) is 0 Å². The fourth-order valence-corrected chi connectivity index (χ4v) is 2.42. The molecule has 3 N–H and O–H groups in total.